The van der Waals surface area contributed by atoms with Gasteiger partial charge in [0.1, 0.15) is 0 Å². The molecule has 0 radical (unpaired) electrons. The Morgan fingerprint density at radius 2 is 1.65 bits per heavy atom. The van der Waals surface area contributed by atoms with Crippen molar-refractivity contribution in [1.82, 2.24) is 5.32 Å². The van der Waals surface area contributed by atoms with Crippen LogP contribution in [0.1, 0.15) is 18.5 Å². The van der Waals surface area contributed by atoms with Gasteiger partial charge in [0, 0.05) is 5.02 Å². The molecule has 0 aromatic heterocycles. The van der Waals surface area contributed by atoms with E-state index in [9.17, 15) is 26.3 Å². The highest BCUT2D eigenvalue weighted by molar-refractivity contribution is 6.30. The third-order valence-corrected chi connectivity index (χ3v) is 2.91. The van der Waals surface area contributed by atoms with E-state index in [4.69, 9.17) is 11.6 Å². The summed E-state index contributed by atoms with van der Waals surface area (Å²) in [5, 5.41) is 2.32. The first-order valence-electron chi connectivity index (χ1n) is 5.69. The second-order valence-corrected chi connectivity index (χ2v) is 4.59. The van der Waals surface area contributed by atoms with Gasteiger partial charge in [0.05, 0.1) is 6.04 Å². The van der Waals surface area contributed by atoms with Crippen LogP contribution in [0.4, 0.5) is 26.3 Å². The van der Waals surface area contributed by atoms with Crippen molar-refractivity contribution < 1.29 is 26.3 Å². The van der Waals surface area contributed by atoms with Crippen molar-refractivity contribution in [1.29, 1.82) is 0 Å². The lowest BCUT2D eigenvalue weighted by atomic mass is 9.91. The molecule has 1 N–H and O–H groups in total. The molecule has 0 aliphatic carbocycles. The fourth-order valence-corrected chi connectivity index (χ4v) is 2.11. The second kappa shape index (κ2) is 6.22. The molecule has 0 aliphatic rings. The molecule has 1 atom stereocenters. The van der Waals surface area contributed by atoms with Crippen LogP contribution in [0.15, 0.2) is 24.3 Å². The summed E-state index contributed by atoms with van der Waals surface area (Å²) in [5.74, 6) is -3.49. The number of rotatable bonds is 4. The van der Waals surface area contributed by atoms with Gasteiger partial charge in [-0.05, 0) is 24.2 Å². The Bertz CT molecular complexity index is 428. The van der Waals surface area contributed by atoms with Crippen LogP contribution in [0.25, 0.3) is 0 Å². The van der Waals surface area contributed by atoms with E-state index in [1.165, 1.54) is 25.1 Å². The molecule has 0 amide bonds. The number of benzene rings is 1. The summed E-state index contributed by atoms with van der Waals surface area (Å²) in [6.45, 7) is 1.39. The summed E-state index contributed by atoms with van der Waals surface area (Å²) in [6.07, 6.45) is -10.8. The minimum atomic E-state index is -5.41. The Labute approximate surface area is 116 Å². The SMILES string of the molecule is CCNC(c1cccc(Cl)c1)C(C(F)(F)F)C(F)(F)F. The van der Waals surface area contributed by atoms with Gasteiger partial charge in [-0.3, -0.25) is 0 Å². The van der Waals surface area contributed by atoms with Crippen molar-refractivity contribution in [2.24, 2.45) is 5.92 Å². The lowest BCUT2D eigenvalue weighted by molar-refractivity contribution is -0.292. The van der Waals surface area contributed by atoms with Gasteiger partial charge in [-0.2, -0.15) is 26.3 Å². The lowest BCUT2D eigenvalue weighted by Crippen LogP contribution is -2.45. The summed E-state index contributed by atoms with van der Waals surface area (Å²) in [4.78, 5) is 0. The molecule has 0 spiro atoms. The van der Waals surface area contributed by atoms with Gasteiger partial charge in [-0.25, -0.2) is 0 Å². The number of hydrogen-bond acceptors (Lipinski definition) is 1. The number of nitrogens with one attached hydrogen (secondary N) is 1. The maximum Gasteiger partial charge on any atom is 0.402 e. The van der Waals surface area contributed by atoms with Crippen LogP contribution in [-0.2, 0) is 0 Å². The van der Waals surface area contributed by atoms with E-state index in [-0.39, 0.29) is 17.1 Å². The van der Waals surface area contributed by atoms with Gasteiger partial charge in [0.15, 0.2) is 5.92 Å². The maximum absolute atomic E-state index is 12.8. The van der Waals surface area contributed by atoms with Crippen molar-refractivity contribution >= 4 is 11.6 Å². The first-order valence-corrected chi connectivity index (χ1v) is 6.07. The number of hydrogen-bond donors (Lipinski definition) is 1. The molecule has 0 aliphatic heterocycles. The molecule has 0 saturated carbocycles. The van der Waals surface area contributed by atoms with Crippen LogP contribution < -0.4 is 5.32 Å². The van der Waals surface area contributed by atoms with E-state index < -0.39 is 24.3 Å². The lowest BCUT2D eigenvalue weighted by Gasteiger charge is -2.31. The van der Waals surface area contributed by atoms with E-state index in [1.54, 1.807) is 0 Å². The Hall–Kier alpha value is -0.950. The van der Waals surface area contributed by atoms with Gasteiger partial charge in [0.2, 0.25) is 0 Å². The highest BCUT2D eigenvalue weighted by atomic mass is 35.5. The Kier molecular flexibility index (Phi) is 5.32. The quantitative estimate of drug-likeness (QED) is 0.791. The van der Waals surface area contributed by atoms with E-state index in [0.717, 1.165) is 6.07 Å². The van der Waals surface area contributed by atoms with E-state index in [2.05, 4.69) is 5.32 Å². The molecule has 1 rings (SSSR count). The van der Waals surface area contributed by atoms with Crippen LogP contribution in [0.3, 0.4) is 0 Å². The molecular formula is C12H12ClF6N. The molecule has 0 fully saturated rings. The summed E-state index contributed by atoms with van der Waals surface area (Å²) >= 11 is 5.63. The monoisotopic (exact) mass is 319 g/mol. The minimum absolute atomic E-state index is 0.0418. The number of alkyl halides is 6. The Morgan fingerprint density at radius 3 is 2.05 bits per heavy atom. The molecule has 20 heavy (non-hydrogen) atoms. The first kappa shape index (κ1) is 17.1. The molecule has 1 aromatic rings. The van der Waals surface area contributed by atoms with E-state index >= 15 is 0 Å². The predicted molar refractivity (Wildman–Crippen MR) is 63.5 cm³/mol. The van der Waals surface area contributed by atoms with Crippen LogP contribution in [-0.4, -0.2) is 18.9 Å². The fraction of sp³-hybridized carbons (Fsp3) is 0.500. The average Bonchev–Trinajstić information content (AvgIpc) is 2.24. The zero-order chi connectivity index (χ0) is 15.6. The topological polar surface area (TPSA) is 12.0 Å². The predicted octanol–water partition coefficient (Wildman–Crippen LogP) is 4.73. The van der Waals surface area contributed by atoms with Gasteiger partial charge in [-0.15, -0.1) is 0 Å². The standard InChI is InChI=1S/C12H12ClF6N/c1-2-20-9(7-4-3-5-8(13)6-7)10(11(14,15)16)12(17,18)19/h3-6,9-10,20H,2H2,1H3. The highest BCUT2D eigenvalue weighted by Gasteiger charge is 2.60. The maximum atomic E-state index is 12.8. The van der Waals surface area contributed by atoms with Crippen molar-refractivity contribution in [3.05, 3.63) is 34.9 Å². The summed E-state index contributed by atoms with van der Waals surface area (Å²) < 4.78 is 76.7. The van der Waals surface area contributed by atoms with Crippen molar-refractivity contribution in [2.45, 2.75) is 25.3 Å². The molecule has 1 nitrogen and oxygen atoms in total. The first-order chi connectivity index (χ1) is 9.07. The zero-order valence-corrected chi connectivity index (χ0v) is 11.1. The van der Waals surface area contributed by atoms with Gasteiger partial charge in [-0.1, -0.05) is 30.7 Å². The summed E-state index contributed by atoms with van der Waals surface area (Å²) in [5.41, 5.74) is -0.154. The largest absolute Gasteiger partial charge is 0.402 e. The third-order valence-electron chi connectivity index (χ3n) is 2.67. The normalized spacial score (nSPS) is 14.7. The molecule has 114 valence electrons. The van der Waals surface area contributed by atoms with Crippen LogP contribution >= 0.6 is 11.6 Å². The Morgan fingerprint density at radius 1 is 1.10 bits per heavy atom. The summed E-state index contributed by atoms with van der Waals surface area (Å²) in [7, 11) is 0. The minimum Gasteiger partial charge on any atom is -0.309 e. The molecule has 0 bridgehead atoms. The van der Waals surface area contributed by atoms with Crippen molar-refractivity contribution in [2.75, 3.05) is 6.54 Å². The van der Waals surface area contributed by atoms with Crippen molar-refractivity contribution in [3.63, 3.8) is 0 Å². The third kappa shape index (κ3) is 4.28. The molecule has 0 saturated heterocycles. The summed E-state index contributed by atoms with van der Waals surface area (Å²) in [6, 6.07) is 3.04. The van der Waals surface area contributed by atoms with Crippen LogP contribution in [0.5, 0.6) is 0 Å². The molecule has 1 unspecified atom stereocenters. The smallest absolute Gasteiger partial charge is 0.309 e. The molecular weight excluding hydrogens is 308 g/mol. The number of halogens is 7. The molecule has 1 aromatic carbocycles. The highest BCUT2D eigenvalue weighted by Crippen LogP contribution is 2.46. The van der Waals surface area contributed by atoms with E-state index in [0.29, 0.717) is 0 Å². The zero-order valence-electron chi connectivity index (χ0n) is 10.3. The van der Waals surface area contributed by atoms with Gasteiger partial charge in [0.25, 0.3) is 0 Å². The van der Waals surface area contributed by atoms with E-state index in [1.807, 2.05) is 0 Å². The van der Waals surface area contributed by atoms with Crippen LogP contribution in [0, 0.1) is 5.92 Å². The van der Waals surface area contributed by atoms with Crippen molar-refractivity contribution in [3.8, 4) is 0 Å². The van der Waals surface area contributed by atoms with Gasteiger partial charge >= 0.3 is 12.4 Å². The Balaban J connectivity index is 3.29. The fourth-order valence-electron chi connectivity index (χ4n) is 1.91. The average molecular weight is 320 g/mol. The second-order valence-electron chi connectivity index (χ2n) is 4.15. The molecule has 0 heterocycles. The van der Waals surface area contributed by atoms with Gasteiger partial charge < -0.3 is 5.32 Å². The van der Waals surface area contributed by atoms with Crippen LogP contribution in [0.2, 0.25) is 5.02 Å². The molecule has 8 heteroatoms.